The van der Waals surface area contributed by atoms with E-state index in [2.05, 4.69) is 10.3 Å². The molecule has 0 unspecified atom stereocenters. The number of hydrogen-bond acceptors (Lipinski definition) is 3. The van der Waals surface area contributed by atoms with Gasteiger partial charge in [-0.05, 0) is 24.6 Å². The molecule has 0 spiro atoms. The van der Waals surface area contributed by atoms with Crippen molar-refractivity contribution in [2.24, 2.45) is 4.99 Å². The number of carboxylic acids is 1. The molecule has 140 valence electrons. The second kappa shape index (κ2) is 8.40. The quantitative estimate of drug-likeness (QED) is 0.769. The molecule has 2 N–H and O–H groups in total. The highest BCUT2D eigenvalue weighted by molar-refractivity contribution is 6.36. The molecule has 0 radical (unpaired) electrons. The lowest BCUT2D eigenvalue weighted by Crippen LogP contribution is -2.52. The van der Waals surface area contributed by atoms with Gasteiger partial charge in [0.25, 0.3) is 11.8 Å². The first-order valence-corrected chi connectivity index (χ1v) is 8.47. The summed E-state index contributed by atoms with van der Waals surface area (Å²) in [4.78, 5) is 40.1. The van der Waals surface area contributed by atoms with Crippen LogP contribution in [0.4, 0.5) is 0 Å². The SMILES string of the molecule is CC(=NC(=O)[C@@H](NC(=O)c1ccccc1)C(C)(C)c1ccccc1)C(=O)O. The predicted octanol–water partition coefficient (Wildman–Crippen LogP) is 2.83. The second-order valence-electron chi connectivity index (χ2n) is 6.70. The number of hydrogen-bond donors (Lipinski definition) is 2. The highest BCUT2D eigenvalue weighted by Gasteiger charge is 2.38. The van der Waals surface area contributed by atoms with Crippen molar-refractivity contribution in [1.29, 1.82) is 0 Å². The number of rotatable bonds is 6. The van der Waals surface area contributed by atoms with Crippen molar-refractivity contribution in [2.75, 3.05) is 0 Å². The van der Waals surface area contributed by atoms with Crippen molar-refractivity contribution in [3.63, 3.8) is 0 Å². The summed E-state index contributed by atoms with van der Waals surface area (Å²) in [6, 6.07) is 16.7. The first-order chi connectivity index (χ1) is 12.7. The number of benzene rings is 2. The molecule has 0 saturated carbocycles. The van der Waals surface area contributed by atoms with Crippen molar-refractivity contribution < 1.29 is 19.5 Å². The molecule has 6 nitrogen and oxygen atoms in total. The van der Waals surface area contributed by atoms with Crippen LogP contribution in [0.1, 0.15) is 36.7 Å². The fourth-order valence-corrected chi connectivity index (χ4v) is 2.67. The molecular formula is C21H22N2O4. The molecule has 2 amide bonds. The van der Waals surface area contributed by atoms with Gasteiger partial charge in [0.15, 0.2) is 0 Å². The van der Waals surface area contributed by atoms with Crippen molar-refractivity contribution in [3.05, 3.63) is 71.8 Å². The van der Waals surface area contributed by atoms with Gasteiger partial charge < -0.3 is 10.4 Å². The molecule has 1 atom stereocenters. The molecule has 2 aromatic rings. The van der Waals surface area contributed by atoms with E-state index < -0.39 is 29.2 Å². The molecule has 2 rings (SSSR count). The topological polar surface area (TPSA) is 95.8 Å². The first kappa shape index (κ1) is 20.0. The predicted molar refractivity (Wildman–Crippen MR) is 103 cm³/mol. The lowest BCUT2D eigenvalue weighted by molar-refractivity contribution is -0.130. The van der Waals surface area contributed by atoms with E-state index in [4.69, 9.17) is 5.11 Å². The summed E-state index contributed by atoms with van der Waals surface area (Å²) in [6.45, 7) is 4.86. The maximum Gasteiger partial charge on any atom is 0.350 e. The molecule has 0 aliphatic carbocycles. The van der Waals surface area contributed by atoms with Crippen LogP contribution in [-0.4, -0.2) is 34.6 Å². The summed E-state index contributed by atoms with van der Waals surface area (Å²) in [6.07, 6.45) is 0. The molecule has 6 heteroatoms. The Balaban J connectivity index is 2.42. The third-order valence-corrected chi connectivity index (χ3v) is 4.39. The van der Waals surface area contributed by atoms with Gasteiger partial charge in [0.2, 0.25) is 0 Å². The summed E-state index contributed by atoms with van der Waals surface area (Å²) in [5.41, 5.74) is 0.0752. The van der Waals surface area contributed by atoms with Crippen LogP contribution in [0.3, 0.4) is 0 Å². The molecule has 0 heterocycles. The maximum atomic E-state index is 12.8. The molecule has 0 aliphatic heterocycles. The van der Waals surface area contributed by atoms with E-state index >= 15 is 0 Å². The first-order valence-electron chi connectivity index (χ1n) is 8.47. The van der Waals surface area contributed by atoms with Crippen LogP contribution in [0, 0.1) is 0 Å². The monoisotopic (exact) mass is 366 g/mol. The lowest BCUT2D eigenvalue weighted by Gasteiger charge is -2.33. The van der Waals surface area contributed by atoms with Crippen LogP contribution in [0.2, 0.25) is 0 Å². The van der Waals surface area contributed by atoms with Crippen molar-refractivity contribution >= 4 is 23.5 Å². The van der Waals surface area contributed by atoms with Crippen LogP contribution in [0.5, 0.6) is 0 Å². The number of carbonyl (C=O) groups excluding carboxylic acids is 2. The van der Waals surface area contributed by atoms with Crippen molar-refractivity contribution in [3.8, 4) is 0 Å². The molecule has 2 aromatic carbocycles. The van der Waals surface area contributed by atoms with E-state index in [1.165, 1.54) is 6.92 Å². The van der Waals surface area contributed by atoms with Gasteiger partial charge in [0.1, 0.15) is 11.8 Å². The average Bonchev–Trinajstić information content (AvgIpc) is 2.66. The minimum absolute atomic E-state index is 0.331. The van der Waals surface area contributed by atoms with Gasteiger partial charge in [0.05, 0.1) is 0 Å². The van der Waals surface area contributed by atoms with Gasteiger partial charge in [-0.1, -0.05) is 62.4 Å². The van der Waals surface area contributed by atoms with Gasteiger partial charge >= 0.3 is 5.97 Å². The van der Waals surface area contributed by atoms with Crippen LogP contribution in [-0.2, 0) is 15.0 Å². The number of amides is 2. The Hall–Kier alpha value is -3.28. The molecule has 0 bridgehead atoms. The molecule has 0 aromatic heterocycles. The average molecular weight is 366 g/mol. The van der Waals surface area contributed by atoms with Gasteiger partial charge in [-0.2, -0.15) is 0 Å². The van der Waals surface area contributed by atoms with E-state index in [1.54, 1.807) is 30.3 Å². The van der Waals surface area contributed by atoms with E-state index in [9.17, 15) is 14.4 Å². The molecule has 27 heavy (non-hydrogen) atoms. The number of aliphatic carboxylic acids is 1. The minimum Gasteiger partial charge on any atom is -0.477 e. The Morgan fingerprint density at radius 1 is 0.963 bits per heavy atom. The highest BCUT2D eigenvalue weighted by atomic mass is 16.4. The Kier molecular flexibility index (Phi) is 6.23. The van der Waals surface area contributed by atoms with Crippen LogP contribution < -0.4 is 5.32 Å². The summed E-state index contributed by atoms with van der Waals surface area (Å²) in [7, 11) is 0. The lowest BCUT2D eigenvalue weighted by atomic mass is 9.77. The standard InChI is InChI=1S/C21H22N2O4/c1-14(20(26)27)22-19(25)17(21(2,3)16-12-8-5-9-13-16)23-18(24)15-10-6-4-7-11-15/h4-13,17H,1-3H3,(H,23,24)(H,26,27)/t17-/m1/s1. The normalized spacial score (nSPS) is 12.9. The third-order valence-electron chi connectivity index (χ3n) is 4.39. The van der Waals surface area contributed by atoms with Crippen molar-refractivity contribution in [2.45, 2.75) is 32.2 Å². The zero-order valence-corrected chi connectivity index (χ0v) is 15.5. The van der Waals surface area contributed by atoms with E-state index in [0.29, 0.717) is 5.56 Å². The summed E-state index contributed by atoms with van der Waals surface area (Å²) in [5, 5.41) is 11.7. The second-order valence-corrected chi connectivity index (χ2v) is 6.70. The Labute approximate surface area is 157 Å². The largest absolute Gasteiger partial charge is 0.477 e. The zero-order chi connectivity index (χ0) is 20.0. The number of aliphatic imine (C=N–C) groups is 1. The summed E-state index contributed by atoms with van der Waals surface area (Å²) in [5.74, 6) is -2.43. The van der Waals surface area contributed by atoms with Gasteiger partial charge in [0, 0.05) is 11.0 Å². The van der Waals surface area contributed by atoms with Crippen LogP contribution >= 0.6 is 0 Å². The Morgan fingerprint density at radius 2 is 1.48 bits per heavy atom. The zero-order valence-electron chi connectivity index (χ0n) is 15.5. The van der Waals surface area contributed by atoms with E-state index in [0.717, 1.165) is 5.56 Å². The number of carbonyl (C=O) groups is 3. The minimum atomic E-state index is -1.28. The molecule has 0 aliphatic rings. The molecule has 0 fully saturated rings. The number of carboxylic acid groups (broad SMARTS) is 1. The van der Waals surface area contributed by atoms with Gasteiger partial charge in [-0.3, -0.25) is 9.59 Å². The molecule has 0 saturated heterocycles. The van der Waals surface area contributed by atoms with E-state index in [1.807, 2.05) is 44.2 Å². The van der Waals surface area contributed by atoms with E-state index in [-0.39, 0.29) is 5.71 Å². The summed E-state index contributed by atoms with van der Waals surface area (Å²) < 4.78 is 0. The number of nitrogens with zero attached hydrogens (tertiary/aromatic N) is 1. The maximum absolute atomic E-state index is 12.8. The van der Waals surface area contributed by atoms with Crippen LogP contribution in [0.25, 0.3) is 0 Å². The number of nitrogens with one attached hydrogen (secondary N) is 1. The van der Waals surface area contributed by atoms with Crippen LogP contribution in [0.15, 0.2) is 65.7 Å². The highest BCUT2D eigenvalue weighted by Crippen LogP contribution is 2.28. The van der Waals surface area contributed by atoms with Crippen molar-refractivity contribution in [1.82, 2.24) is 5.32 Å². The Bertz CT molecular complexity index is 858. The van der Waals surface area contributed by atoms with Gasteiger partial charge in [-0.15, -0.1) is 0 Å². The summed E-state index contributed by atoms with van der Waals surface area (Å²) >= 11 is 0. The fraction of sp³-hybridized carbons (Fsp3) is 0.238. The smallest absolute Gasteiger partial charge is 0.350 e. The Morgan fingerprint density at radius 3 is 2.00 bits per heavy atom. The molecular weight excluding hydrogens is 344 g/mol. The fourth-order valence-electron chi connectivity index (χ4n) is 2.67. The van der Waals surface area contributed by atoms with Gasteiger partial charge in [-0.25, -0.2) is 9.79 Å². The third kappa shape index (κ3) is 4.88.